The van der Waals surface area contributed by atoms with E-state index >= 15 is 0 Å². The van der Waals surface area contributed by atoms with Gasteiger partial charge in [-0.2, -0.15) is 0 Å². The van der Waals surface area contributed by atoms with E-state index in [0.717, 1.165) is 4.90 Å². The van der Waals surface area contributed by atoms with Gasteiger partial charge in [-0.15, -0.1) is 0 Å². The van der Waals surface area contributed by atoms with Gasteiger partial charge in [0.05, 0.1) is 19.3 Å². The summed E-state index contributed by atoms with van der Waals surface area (Å²) in [5.41, 5.74) is 5.40. The Bertz CT molecular complexity index is 525. The number of aliphatic hydroxyl groups is 2. The van der Waals surface area contributed by atoms with Crippen molar-refractivity contribution in [3.63, 3.8) is 0 Å². The molecule has 11 nitrogen and oxygen atoms in total. The molecule has 1 rings (SSSR count). The lowest BCUT2D eigenvalue weighted by Crippen LogP contribution is -2.55. The Labute approximate surface area is 144 Å². The van der Waals surface area contributed by atoms with Gasteiger partial charge in [-0.3, -0.25) is 14.4 Å². The summed E-state index contributed by atoms with van der Waals surface area (Å²) in [5, 5.41) is 32.0. The molecule has 0 spiro atoms. The molecule has 1 aliphatic rings. The van der Waals surface area contributed by atoms with E-state index < -0.39 is 61.1 Å². The predicted octanol–water partition coefficient (Wildman–Crippen LogP) is -3.64. The van der Waals surface area contributed by atoms with Crippen LogP contribution < -0.4 is 16.4 Å². The molecule has 25 heavy (non-hydrogen) atoms. The molecular weight excluding hydrogens is 336 g/mol. The summed E-state index contributed by atoms with van der Waals surface area (Å²) in [5.74, 6) is -3.35. The van der Waals surface area contributed by atoms with Crippen LogP contribution in [0.25, 0.3) is 0 Å². The van der Waals surface area contributed by atoms with Crippen molar-refractivity contribution in [1.29, 1.82) is 0 Å². The number of rotatable bonds is 8. The van der Waals surface area contributed by atoms with Crippen LogP contribution in [0, 0.1) is 0 Å². The highest BCUT2D eigenvalue weighted by Crippen LogP contribution is 2.18. The summed E-state index contributed by atoms with van der Waals surface area (Å²) < 4.78 is 0. The van der Waals surface area contributed by atoms with E-state index in [9.17, 15) is 29.4 Å². The van der Waals surface area contributed by atoms with Gasteiger partial charge in [-0.1, -0.05) is 0 Å². The summed E-state index contributed by atoms with van der Waals surface area (Å²) in [6.07, 6.45) is -0.277. The standard InChI is InChI=1S/C14H24N4O7/c1-7(20)11(15)12(22)16-5-10(21)17-8(6-19)13(23)18-4-2-3-9(18)14(24)25/h7-9,11,19-20H,2-6,15H2,1H3,(H,16,22)(H,17,21)(H,24,25)/t7-,8+,9+,11+/m1/s1. The van der Waals surface area contributed by atoms with Crippen molar-refractivity contribution in [3.8, 4) is 0 Å². The third-order valence-corrected chi connectivity index (χ3v) is 3.88. The molecule has 1 fully saturated rings. The Morgan fingerprint density at radius 2 is 1.96 bits per heavy atom. The van der Waals surface area contributed by atoms with Crippen molar-refractivity contribution in [1.82, 2.24) is 15.5 Å². The number of nitrogens with zero attached hydrogens (tertiary/aromatic N) is 1. The highest BCUT2D eigenvalue weighted by molar-refractivity contribution is 5.92. The molecule has 0 radical (unpaired) electrons. The van der Waals surface area contributed by atoms with Crippen LogP contribution in [0.3, 0.4) is 0 Å². The van der Waals surface area contributed by atoms with Crippen LogP contribution in [0.15, 0.2) is 0 Å². The van der Waals surface area contributed by atoms with Gasteiger partial charge in [0.25, 0.3) is 0 Å². The Morgan fingerprint density at radius 1 is 1.32 bits per heavy atom. The maximum absolute atomic E-state index is 12.3. The average Bonchev–Trinajstić information content (AvgIpc) is 3.05. The first-order valence-corrected chi connectivity index (χ1v) is 7.83. The van der Waals surface area contributed by atoms with E-state index in [1.807, 2.05) is 0 Å². The Kier molecular flexibility index (Phi) is 7.74. The molecule has 0 bridgehead atoms. The third kappa shape index (κ3) is 5.66. The Balaban J connectivity index is 2.57. The molecule has 4 atom stereocenters. The molecule has 3 amide bonds. The number of nitrogens with two attached hydrogens (primary N) is 1. The van der Waals surface area contributed by atoms with Crippen LogP contribution in [0.4, 0.5) is 0 Å². The molecule has 11 heteroatoms. The van der Waals surface area contributed by atoms with E-state index in [1.54, 1.807) is 0 Å². The highest BCUT2D eigenvalue weighted by Gasteiger charge is 2.37. The molecule has 0 saturated carbocycles. The van der Waals surface area contributed by atoms with Crippen LogP contribution in [0.5, 0.6) is 0 Å². The predicted molar refractivity (Wildman–Crippen MR) is 84.1 cm³/mol. The van der Waals surface area contributed by atoms with Crippen LogP contribution in [-0.2, 0) is 19.2 Å². The zero-order valence-corrected chi connectivity index (χ0v) is 13.8. The van der Waals surface area contributed by atoms with Crippen molar-refractivity contribution in [2.75, 3.05) is 19.7 Å². The smallest absolute Gasteiger partial charge is 0.326 e. The van der Waals surface area contributed by atoms with Crippen LogP contribution in [0.1, 0.15) is 19.8 Å². The number of aliphatic carboxylic acids is 1. The number of carbonyl (C=O) groups is 4. The van der Waals surface area contributed by atoms with Crippen molar-refractivity contribution in [2.24, 2.45) is 5.73 Å². The van der Waals surface area contributed by atoms with Gasteiger partial charge in [0.2, 0.25) is 17.7 Å². The lowest BCUT2D eigenvalue weighted by Gasteiger charge is -2.26. The fourth-order valence-electron chi connectivity index (χ4n) is 2.42. The molecule has 1 saturated heterocycles. The van der Waals surface area contributed by atoms with E-state index in [0.29, 0.717) is 12.8 Å². The van der Waals surface area contributed by atoms with Gasteiger partial charge in [0, 0.05) is 6.54 Å². The summed E-state index contributed by atoms with van der Waals surface area (Å²) in [6, 6.07) is -3.50. The van der Waals surface area contributed by atoms with Gasteiger partial charge in [0.15, 0.2) is 0 Å². The lowest BCUT2D eigenvalue weighted by atomic mass is 10.2. The maximum atomic E-state index is 12.3. The zero-order valence-electron chi connectivity index (χ0n) is 13.8. The van der Waals surface area contributed by atoms with Gasteiger partial charge >= 0.3 is 5.97 Å². The van der Waals surface area contributed by atoms with E-state index in [-0.39, 0.29) is 6.54 Å². The zero-order chi connectivity index (χ0) is 19.1. The largest absolute Gasteiger partial charge is 0.480 e. The number of amides is 3. The molecule has 1 heterocycles. The number of carboxylic acid groups (broad SMARTS) is 1. The molecule has 0 aromatic rings. The first kappa shape index (κ1) is 20.8. The second-order valence-corrected chi connectivity index (χ2v) is 5.81. The Morgan fingerprint density at radius 3 is 2.48 bits per heavy atom. The quantitative estimate of drug-likeness (QED) is 0.256. The van der Waals surface area contributed by atoms with E-state index in [2.05, 4.69) is 10.6 Å². The molecule has 0 unspecified atom stereocenters. The fraction of sp³-hybridized carbons (Fsp3) is 0.714. The number of hydrogen-bond donors (Lipinski definition) is 6. The van der Waals surface area contributed by atoms with Gasteiger partial charge < -0.3 is 36.6 Å². The average molecular weight is 360 g/mol. The van der Waals surface area contributed by atoms with Crippen molar-refractivity contribution in [3.05, 3.63) is 0 Å². The molecule has 0 aromatic carbocycles. The summed E-state index contributed by atoms with van der Waals surface area (Å²) in [7, 11) is 0. The summed E-state index contributed by atoms with van der Waals surface area (Å²) >= 11 is 0. The molecule has 7 N–H and O–H groups in total. The second kappa shape index (κ2) is 9.30. The van der Waals surface area contributed by atoms with Gasteiger partial charge in [0.1, 0.15) is 18.1 Å². The minimum Gasteiger partial charge on any atom is -0.480 e. The molecule has 142 valence electrons. The summed E-state index contributed by atoms with van der Waals surface area (Å²) in [4.78, 5) is 47.9. The second-order valence-electron chi connectivity index (χ2n) is 5.81. The number of aliphatic hydroxyl groups excluding tert-OH is 2. The molecule has 0 aromatic heterocycles. The normalized spacial score (nSPS) is 20.5. The van der Waals surface area contributed by atoms with E-state index in [4.69, 9.17) is 10.8 Å². The van der Waals surface area contributed by atoms with E-state index in [1.165, 1.54) is 6.92 Å². The van der Waals surface area contributed by atoms with Crippen LogP contribution >= 0.6 is 0 Å². The van der Waals surface area contributed by atoms with Gasteiger partial charge in [-0.05, 0) is 19.8 Å². The van der Waals surface area contributed by atoms with Crippen LogP contribution in [0.2, 0.25) is 0 Å². The number of likely N-dealkylation sites (tertiary alicyclic amines) is 1. The number of nitrogens with one attached hydrogen (secondary N) is 2. The molecule has 0 aliphatic carbocycles. The first-order valence-electron chi connectivity index (χ1n) is 7.83. The van der Waals surface area contributed by atoms with Gasteiger partial charge in [-0.25, -0.2) is 4.79 Å². The molecule has 1 aliphatic heterocycles. The number of carbonyl (C=O) groups excluding carboxylic acids is 3. The van der Waals surface area contributed by atoms with Crippen LogP contribution in [-0.4, -0.2) is 87.8 Å². The maximum Gasteiger partial charge on any atom is 0.326 e. The molecular formula is C14H24N4O7. The SMILES string of the molecule is C[C@@H](O)[C@H](N)C(=O)NCC(=O)N[C@@H](CO)C(=O)N1CCC[C@H]1C(=O)O. The number of hydrogen-bond acceptors (Lipinski definition) is 7. The topological polar surface area (TPSA) is 182 Å². The minimum absolute atomic E-state index is 0.224. The number of carboxylic acids is 1. The fourth-order valence-corrected chi connectivity index (χ4v) is 2.42. The minimum atomic E-state index is -1.31. The van der Waals surface area contributed by atoms with Crippen molar-refractivity contribution >= 4 is 23.7 Å². The van der Waals surface area contributed by atoms with Crippen molar-refractivity contribution in [2.45, 2.75) is 44.0 Å². The monoisotopic (exact) mass is 360 g/mol. The Hall–Kier alpha value is -2.24. The first-order chi connectivity index (χ1) is 11.7. The third-order valence-electron chi connectivity index (χ3n) is 3.88. The lowest BCUT2D eigenvalue weighted by molar-refractivity contribution is -0.149. The summed E-state index contributed by atoms with van der Waals surface area (Å²) in [6.45, 7) is 0.321. The highest BCUT2D eigenvalue weighted by atomic mass is 16.4. The van der Waals surface area contributed by atoms with Crippen molar-refractivity contribution < 1.29 is 34.5 Å².